The van der Waals surface area contributed by atoms with Gasteiger partial charge in [-0.25, -0.2) is 0 Å². The lowest BCUT2D eigenvalue weighted by molar-refractivity contribution is 0.241. The third-order valence-electron chi connectivity index (χ3n) is 4.28. The summed E-state index contributed by atoms with van der Waals surface area (Å²) in [5, 5.41) is 3.33. The zero-order valence-corrected chi connectivity index (χ0v) is 13.0. The summed E-state index contributed by atoms with van der Waals surface area (Å²) in [6.07, 6.45) is 4.11. The summed E-state index contributed by atoms with van der Waals surface area (Å²) in [6.45, 7) is 8.04. The normalized spacial score (nSPS) is 30.8. The molecule has 0 aromatic carbocycles. The van der Waals surface area contributed by atoms with Gasteiger partial charge >= 0.3 is 0 Å². The lowest BCUT2D eigenvalue weighted by Crippen LogP contribution is -2.50. The van der Waals surface area contributed by atoms with Crippen LogP contribution in [-0.4, -0.2) is 55.8 Å². The topological polar surface area (TPSA) is 52.7 Å². The van der Waals surface area contributed by atoms with Gasteiger partial charge in [0.2, 0.25) is 0 Å². The number of rotatable bonds is 5. The fraction of sp³-hybridized carbons (Fsp3) is 1.00. The third-order valence-corrected chi connectivity index (χ3v) is 6.40. The SMILES string of the molecule is CCNCC1CCCN(S(=O)(=O)N2CCCC2C)C1. The molecule has 19 heavy (non-hydrogen) atoms. The van der Waals surface area contributed by atoms with Crippen molar-refractivity contribution < 1.29 is 8.42 Å². The number of piperidine rings is 1. The highest BCUT2D eigenvalue weighted by Crippen LogP contribution is 2.26. The van der Waals surface area contributed by atoms with E-state index >= 15 is 0 Å². The second-order valence-corrected chi connectivity index (χ2v) is 7.66. The van der Waals surface area contributed by atoms with Crippen LogP contribution in [0.25, 0.3) is 0 Å². The van der Waals surface area contributed by atoms with Crippen molar-refractivity contribution in [1.82, 2.24) is 13.9 Å². The summed E-state index contributed by atoms with van der Waals surface area (Å²) in [4.78, 5) is 0. The molecule has 2 unspecified atom stereocenters. The molecule has 2 fully saturated rings. The second kappa shape index (κ2) is 6.52. The van der Waals surface area contributed by atoms with Crippen molar-refractivity contribution in [3.05, 3.63) is 0 Å². The predicted octanol–water partition coefficient (Wildman–Crippen LogP) is 1.04. The molecule has 5 nitrogen and oxygen atoms in total. The summed E-state index contributed by atoms with van der Waals surface area (Å²) in [5.41, 5.74) is 0. The lowest BCUT2D eigenvalue weighted by Gasteiger charge is -2.35. The molecule has 0 saturated carbocycles. The number of hydrogen-bond acceptors (Lipinski definition) is 3. The Labute approximate surface area is 117 Å². The smallest absolute Gasteiger partial charge is 0.282 e. The van der Waals surface area contributed by atoms with Crippen LogP contribution in [0, 0.1) is 5.92 Å². The monoisotopic (exact) mass is 289 g/mol. The molecule has 2 aliphatic rings. The van der Waals surface area contributed by atoms with Crippen molar-refractivity contribution in [2.24, 2.45) is 5.92 Å². The van der Waals surface area contributed by atoms with Gasteiger partial charge in [-0.1, -0.05) is 6.92 Å². The summed E-state index contributed by atoms with van der Waals surface area (Å²) in [7, 11) is -3.23. The molecule has 2 saturated heterocycles. The quantitative estimate of drug-likeness (QED) is 0.823. The van der Waals surface area contributed by atoms with E-state index in [4.69, 9.17) is 0 Å². The van der Waals surface area contributed by atoms with Gasteiger partial charge in [0.1, 0.15) is 0 Å². The minimum atomic E-state index is -3.23. The maximum atomic E-state index is 12.6. The van der Waals surface area contributed by atoms with Crippen LogP contribution in [0.3, 0.4) is 0 Å². The molecule has 112 valence electrons. The van der Waals surface area contributed by atoms with Crippen LogP contribution in [0.2, 0.25) is 0 Å². The molecular weight excluding hydrogens is 262 g/mol. The largest absolute Gasteiger partial charge is 0.317 e. The highest BCUT2D eigenvalue weighted by Gasteiger charge is 2.37. The zero-order chi connectivity index (χ0) is 13.9. The molecule has 0 bridgehead atoms. The maximum absolute atomic E-state index is 12.6. The van der Waals surface area contributed by atoms with Gasteiger partial charge in [-0.3, -0.25) is 0 Å². The molecule has 0 spiro atoms. The van der Waals surface area contributed by atoms with Crippen LogP contribution >= 0.6 is 0 Å². The molecule has 2 heterocycles. The molecule has 2 rings (SSSR count). The van der Waals surface area contributed by atoms with E-state index in [1.54, 1.807) is 8.61 Å². The average molecular weight is 289 g/mol. The van der Waals surface area contributed by atoms with E-state index in [9.17, 15) is 8.42 Å². The molecular formula is C13H27N3O2S. The molecule has 0 amide bonds. The number of nitrogens with one attached hydrogen (secondary N) is 1. The molecule has 0 aromatic heterocycles. The van der Waals surface area contributed by atoms with E-state index in [0.717, 1.165) is 38.8 Å². The van der Waals surface area contributed by atoms with Crippen molar-refractivity contribution in [2.75, 3.05) is 32.7 Å². The Balaban J connectivity index is 1.99. The molecule has 0 aromatic rings. The maximum Gasteiger partial charge on any atom is 0.282 e. The molecule has 6 heteroatoms. The third kappa shape index (κ3) is 3.48. The van der Waals surface area contributed by atoms with Crippen LogP contribution < -0.4 is 5.32 Å². The van der Waals surface area contributed by atoms with Gasteiger partial charge in [-0.2, -0.15) is 17.0 Å². The van der Waals surface area contributed by atoms with Gasteiger partial charge in [0, 0.05) is 25.7 Å². The van der Waals surface area contributed by atoms with Gasteiger partial charge in [0.15, 0.2) is 0 Å². The van der Waals surface area contributed by atoms with Gasteiger partial charge in [0.25, 0.3) is 10.2 Å². The molecule has 2 aliphatic heterocycles. The average Bonchev–Trinajstić information content (AvgIpc) is 2.84. The minimum absolute atomic E-state index is 0.166. The van der Waals surface area contributed by atoms with Crippen molar-refractivity contribution in [3.63, 3.8) is 0 Å². The first-order valence-corrected chi connectivity index (χ1v) is 8.93. The minimum Gasteiger partial charge on any atom is -0.317 e. The standard InChI is InChI=1S/C13H27N3O2S/c1-3-14-10-13-7-5-8-15(11-13)19(17,18)16-9-4-6-12(16)2/h12-14H,3-11H2,1-2H3. The van der Waals surface area contributed by atoms with Crippen LogP contribution in [0.15, 0.2) is 0 Å². The van der Waals surface area contributed by atoms with Gasteiger partial charge in [-0.15, -0.1) is 0 Å². The van der Waals surface area contributed by atoms with E-state index in [2.05, 4.69) is 12.2 Å². The Hall–Kier alpha value is -0.170. The van der Waals surface area contributed by atoms with Crippen LogP contribution in [0.4, 0.5) is 0 Å². The van der Waals surface area contributed by atoms with E-state index in [-0.39, 0.29) is 6.04 Å². The molecule has 0 radical (unpaired) electrons. The van der Waals surface area contributed by atoms with E-state index < -0.39 is 10.2 Å². The van der Waals surface area contributed by atoms with Crippen LogP contribution in [-0.2, 0) is 10.2 Å². The molecule has 1 N–H and O–H groups in total. The zero-order valence-electron chi connectivity index (χ0n) is 12.1. The van der Waals surface area contributed by atoms with E-state index in [0.29, 0.717) is 25.6 Å². The van der Waals surface area contributed by atoms with E-state index in [1.807, 2.05) is 6.92 Å². The first kappa shape index (κ1) is 15.2. The molecule has 0 aliphatic carbocycles. The lowest BCUT2D eigenvalue weighted by atomic mass is 10.00. The molecule has 2 atom stereocenters. The number of nitrogens with zero attached hydrogens (tertiary/aromatic N) is 2. The van der Waals surface area contributed by atoms with E-state index in [1.165, 1.54) is 0 Å². The predicted molar refractivity (Wildman–Crippen MR) is 77.2 cm³/mol. The van der Waals surface area contributed by atoms with Crippen LogP contribution in [0.5, 0.6) is 0 Å². The van der Waals surface area contributed by atoms with Crippen molar-refractivity contribution in [3.8, 4) is 0 Å². The van der Waals surface area contributed by atoms with Gasteiger partial charge < -0.3 is 5.32 Å². The Morgan fingerprint density at radius 2 is 1.95 bits per heavy atom. The number of hydrogen-bond donors (Lipinski definition) is 1. The second-order valence-electron chi connectivity index (χ2n) is 5.78. The summed E-state index contributed by atoms with van der Waals surface area (Å²) >= 11 is 0. The highest BCUT2D eigenvalue weighted by atomic mass is 32.2. The Kier molecular flexibility index (Phi) is 5.22. The Bertz CT molecular complexity index is 385. The summed E-state index contributed by atoms with van der Waals surface area (Å²) in [5.74, 6) is 0.460. The highest BCUT2D eigenvalue weighted by molar-refractivity contribution is 7.86. The summed E-state index contributed by atoms with van der Waals surface area (Å²) in [6, 6.07) is 0.166. The van der Waals surface area contributed by atoms with Crippen LogP contribution in [0.1, 0.15) is 39.5 Å². The Morgan fingerprint density at radius 3 is 2.58 bits per heavy atom. The van der Waals surface area contributed by atoms with Gasteiger partial charge in [0.05, 0.1) is 0 Å². The fourth-order valence-electron chi connectivity index (χ4n) is 3.15. The van der Waals surface area contributed by atoms with Crippen molar-refractivity contribution >= 4 is 10.2 Å². The fourth-order valence-corrected chi connectivity index (χ4v) is 5.13. The first-order chi connectivity index (χ1) is 9.05. The van der Waals surface area contributed by atoms with Gasteiger partial charge in [-0.05, 0) is 51.6 Å². The first-order valence-electron chi connectivity index (χ1n) is 7.53. The summed E-state index contributed by atoms with van der Waals surface area (Å²) < 4.78 is 28.7. The Morgan fingerprint density at radius 1 is 1.21 bits per heavy atom. The van der Waals surface area contributed by atoms with Crippen molar-refractivity contribution in [2.45, 2.75) is 45.6 Å². The van der Waals surface area contributed by atoms with Crippen molar-refractivity contribution in [1.29, 1.82) is 0 Å².